The van der Waals surface area contributed by atoms with Crippen molar-refractivity contribution in [2.75, 3.05) is 0 Å². The van der Waals surface area contributed by atoms with E-state index in [-0.39, 0.29) is 12.0 Å². The van der Waals surface area contributed by atoms with E-state index in [2.05, 4.69) is 15.1 Å². The van der Waals surface area contributed by atoms with Crippen LogP contribution in [-0.4, -0.2) is 21.2 Å². The molecule has 5 heteroatoms. The molecule has 0 aliphatic heterocycles. The molecule has 0 spiro atoms. The van der Waals surface area contributed by atoms with Gasteiger partial charge in [-0.2, -0.15) is 4.98 Å². The second kappa shape index (κ2) is 4.10. The smallest absolute Gasteiger partial charge is 0.233 e. The molecule has 0 amide bonds. The van der Waals surface area contributed by atoms with Crippen LogP contribution in [-0.2, 0) is 0 Å². The van der Waals surface area contributed by atoms with Crippen molar-refractivity contribution < 1.29 is 4.52 Å². The molecule has 2 aromatic heterocycles. The third-order valence-corrected chi connectivity index (χ3v) is 2.80. The second-order valence-electron chi connectivity index (χ2n) is 4.09. The van der Waals surface area contributed by atoms with Gasteiger partial charge in [-0.3, -0.25) is 4.98 Å². The van der Waals surface area contributed by atoms with Crippen molar-refractivity contribution in [3.63, 3.8) is 0 Å². The lowest BCUT2D eigenvalue weighted by Crippen LogP contribution is -2.14. The molecule has 1 aliphatic rings. The summed E-state index contributed by atoms with van der Waals surface area (Å²) in [5.41, 5.74) is 6.65. The van der Waals surface area contributed by atoms with Crippen LogP contribution >= 0.6 is 0 Å². The van der Waals surface area contributed by atoms with E-state index in [4.69, 9.17) is 10.3 Å². The van der Waals surface area contributed by atoms with E-state index in [0.717, 1.165) is 12.0 Å². The van der Waals surface area contributed by atoms with Gasteiger partial charge in [0.05, 0.1) is 5.92 Å². The Morgan fingerprint density at radius 3 is 3.00 bits per heavy atom. The van der Waals surface area contributed by atoms with Crippen molar-refractivity contribution in [1.82, 2.24) is 15.1 Å². The molecule has 0 radical (unpaired) electrons. The van der Waals surface area contributed by atoms with Gasteiger partial charge < -0.3 is 10.3 Å². The van der Waals surface area contributed by atoms with Gasteiger partial charge in [0.1, 0.15) is 0 Å². The summed E-state index contributed by atoms with van der Waals surface area (Å²) < 4.78 is 5.26. The second-order valence-corrected chi connectivity index (χ2v) is 4.09. The zero-order chi connectivity index (χ0) is 11.7. The number of pyridine rings is 1. The first-order valence-corrected chi connectivity index (χ1v) is 5.51. The van der Waals surface area contributed by atoms with E-state index in [0.29, 0.717) is 11.7 Å². The van der Waals surface area contributed by atoms with E-state index in [9.17, 15) is 0 Å². The van der Waals surface area contributed by atoms with Gasteiger partial charge in [0.2, 0.25) is 11.7 Å². The molecular weight excluding hydrogens is 216 g/mol. The van der Waals surface area contributed by atoms with Gasteiger partial charge >= 0.3 is 0 Å². The Labute approximate surface area is 98.4 Å². The largest absolute Gasteiger partial charge is 0.338 e. The fourth-order valence-electron chi connectivity index (χ4n) is 1.91. The average molecular weight is 228 g/mol. The number of nitrogens with zero attached hydrogens (tertiary/aromatic N) is 3. The Balaban J connectivity index is 1.86. The van der Waals surface area contributed by atoms with Crippen LogP contribution in [0, 0.1) is 0 Å². The molecule has 3 rings (SSSR count). The predicted octanol–water partition coefficient (Wildman–Crippen LogP) is 1.50. The number of rotatable bonds is 2. The Bertz CT molecular complexity index is 534. The summed E-state index contributed by atoms with van der Waals surface area (Å²) in [4.78, 5) is 8.40. The highest BCUT2D eigenvalue weighted by atomic mass is 16.5. The molecule has 0 aromatic carbocycles. The van der Waals surface area contributed by atoms with Gasteiger partial charge in [0.15, 0.2) is 0 Å². The van der Waals surface area contributed by atoms with Crippen LogP contribution in [0.1, 0.15) is 18.2 Å². The van der Waals surface area contributed by atoms with Gasteiger partial charge in [-0.15, -0.1) is 0 Å². The zero-order valence-electron chi connectivity index (χ0n) is 9.15. The zero-order valence-corrected chi connectivity index (χ0v) is 9.15. The summed E-state index contributed by atoms with van der Waals surface area (Å²) in [7, 11) is 0. The summed E-state index contributed by atoms with van der Waals surface area (Å²) in [6.45, 7) is 0. The topological polar surface area (TPSA) is 77.8 Å². The molecule has 0 saturated carbocycles. The number of hydrogen-bond acceptors (Lipinski definition) is 5. The Morgan fingerprint density at radius 1 is 1.35 bits per heavy atom. The van der Waals surface area contributed by atoms with Crippen molar-refractivity contribution in [2.24, 2.45) is 5.73 Å². The highest BCUT2D eigenvalue weighted by Crippen LogP contribution is 2.27. The minimum Gasteiger partial charge on any atom is -0.338 e. The average Bonchev–Trinajstić information content (AvgIpc) is 2.98. The van der Waals surface area contributed by atoms with Crippen molar-refractivity contribution in [1.29, 1.82) is 0 Å². The van der Waals surface area contributed by atoms with Crippen molar-refractivity contribution in [3.05, 3.63) is 42.6 Å². The van der Waals surface area contributed by atoms with E-state index >= 15 is 0 Å². The third kappa shape index (κ3) is 1.97. The van der Waals surface area contributed by atoms with E-state index in [1.807, 2.05) is 24.3 Å². The monoisotopic (exact) mass is 228 g/mol. The van der Waals surface area contributed by atoms with Gasteiger partial charge in [-0.1, -0.05) is 17.3 Å². The Kier molecular flexibility index (Phi) is 2.45. The quantitative estimate of drug-likeness (QED) is 0.788. The highest BCUT2D eigenvalue weighted by molar-refractivity contribution is 5.52. The van der Waals surface area contributed by atoms with E-state index in [1.54, 1.807) is 12.4 Å². The fourth-order valence-corrected chi connectivity index (χ4v) is 1.91. The fraction of sp³-hybridized carbons (Fsp3) is 0.250. The van der Waals surface area contributed by atoms with Gasteiger partial charge in [0.25, 0.3) is 0 Å². The van der Waals surface area contributed by atoms with Crippen LogP contribution in [0.5, 0.6) is 0 Å². The molecule has 86 valence electrons. The van der Waals surface area contributed by atoms with Gasteiger partial charge in [-0.25, -0.2) is 0 Å². The lowest BCUT2D eigenvalue weighted by Gasteiger charge is -2.01. The number of allylic oxidation sites excluding steroid dienone is 1. The predicted molar refractivity (Wildman–Crippen MR) is 62.0 cm³/mol. The number of aromatic nitrogens is 3. The van der Waals surface area contributed by atoms with Crippen molar-refractivity contribution in [3.8, 4) is 11.4 Å². The minimum atomic E-state index is 0.0914. The molecule has 0 fully saturated rings. The molecule has 2 heterocycles. The van der Waals surface area contributed by atoms with Crippen molar-refractivity contribution >= 4 is 0 Å². The summed E-state index contributed by atoms with van der Waals surface area (Å²) >= 11 is 0. The molecule has 0 saturated heterocycles. The van der Waals surface area contributed by atoms with E-state index < -0.39 is 0 Å². The van der Waals surface area contributed by atoms with Gasteiger partial charge in [0, 0.05) is 24.0 Å². The van der Waals surface area contributed by atoms with Crippen LogP contribution in [0.25, 0.3) is 11.4 Å². The highest BCUT2D eigenvalue weighted by Gasteiger charge is 2.23. The maximum atomic E-state index is 5.79. The minimum absolute atomic E-state index is 0.0914. The lowest BCUT2D eigenvalue weighted by atomic mass is 10.1. The lowest BCUT2D eigenvalue weighted by molar-refractivity contribution is 0.365. The molecule has 2 unspecified atom stereocenters. The van der Waals surface area contributed by atoms with Crippen LogP contribution in [0.15, 0.2) is 41.2 Å². The first kappa shape index (κ1) is 10.2. The maximum Gasteiger partial charge on any atom is 0.233 e. The molecule has 0 bridgehead atoms. The molecular formula is C12H12N4O. The van der Waals surface area contributed by atoms with Crippen molar-refractivity contribution in [2.45, 2.75) is 18.4 Å². The summed E-state index contributed by atoms with van der Waals surface area (Å²) in [6, 6.07) is 3.84. The summed E-state index contributed by atoms with van der Waals surface area (Å²) in [6.07, 6.45) is 8.24. The molecule has 5 nitrogen and oxygen atoms in total. The normalized spacial score (nSPS) is 23.1. The number of nitrogens with two attached hydrogens (primary N) is 1. The van der Waals surface area contributed by atoms with Crippen LogP contribution in [0.4, 0.5) is 0 Å². The molecule has 1 aliphatic carbocycles. The van der Waals surface area contributed by atoms with E-state index in [1.165, 1.54) is 0 Å². The maximum absolute atomic E-state index is 5.79. The SMILES string of the molecule is NC1C=CC(c2nc(-c3cccnc3)no2)C1. The first-order valence-electron chi connectivity index (χ1n) is 5.51. The van der Waals surface area contributed by atoms with Crippen LogP contribution in [0.2, 0.25) is 0 Å². The van der Waals surface area contributed by atoms with Crippen LogP contribution < -0.4 is 5.73 Å². The standard InChI is InChI=1S/C12H12N4O/c13-10-4-3-8(6-10)12-15-11(16-17-12)9-2-1-5-14-7-9/h1-5,7-8,10H,6,13H2. The molecule has 2 N–H and O–H groups in total. The Morgan fingerprint density at radius 2 is 2.29 bits per heavy atom. The Hall–Kier alpha value is -2.01. The third-order valence-electron chi connectivity index (χ3n) is 2.80. The summed E-state index contributed by atoms with van der Waals surface area (Å²) in [5, 5.41) is 3.96. The van der Waals surface area contributed by atoms with Crippen LogP contribution in [0.3, 0.4) is 0 Å². The first-order chi connectivity index (χ1) is 8.33. The van der Waals surface area contributed by atoms with Gasteiger partial charge in [-0.05, 0) is 18.6 Å². The molecule has 2 atom stereocenters. The molecule has 2 aromatic rings. The summed E-state index contributed by atoms with van der Waals surface area (Å²) in [5.74, 6) is 1.33. The number of hydrogen-bond donors (Lipinski definition) is 1. The molecule has 17 heavy (non-hydrogen) atoms.